The standard InChI is InChI=1S/C11H8FNO/c1-7(2)11(14)8-3-4-9(6-13)10(12)5-8/h3-5H,1H2,2H3. The molecule has 0 heterocycles. The highest BCUT2D eigenvalue weighted by atomic mass is 19.1. The zero-order chi connectivity index (χ0) is 10.7. The van der Waals surface area contributed by atoms with Crippen molar-refractivity contribution in [1.82, 2.24) is 0 Å². The molecule has 70 valence electrons. The number of carbonyl (C=O) groups is 1. The number of ketones is 1. The topological polar surface area (TPSA) is 40.9 Å². The van der Waals surface area contributed by atoms with Gasteiger partial charge in [-0.3, -0.25) is 4.79 Å². The molecule has 1 aromatic carbocycles. The maximum Gasteiger partial charge on any atom is 0.188 e. The van der Waals surface area contributed by atoms with Crippen LogP contribution in [0, 0.1) is 17.1 Å². The molecule has 1 rings (SSSR count). The molecule has 0 N–H and O–H groups in total. The highest BCUT2D eigenvalue weighted by molar-refractivity contribution is 6.07. The first-order chi connectivity index (χ1) is 6.56. The summed E-state index contributed by atoms with van der Waals surface area (Å²) in [4.78, 5) is 11.3. The summed E-state index contributed by atoms with van der Waals surface area (Å²) in [5, 5.41) is 8.46. The van der Waals surface area contributed by atoms with Gasteiger partial charge in [-0.15, -0.1) is 0 Å². The molecular formula is C11H8FNO. The molecule has 0 aliphatic rings. The number of nitriles is 1. The second kappa shape index (κ2) is 3.84. The minimum atomic E-state index is -0.681. The molecule has 0 aliphatic heterocycles. The lowest BCUT2D eigenvalue weighted by molar-refractivity contribution is 0.103. The number of carbonyl (C=O) groups excluding carboxylic acids is 1. The third kappa shape index (κ3) is 1.86. The quantitative estimate of drug-likeness (QED) is 0.529. The Kier molecular flexibility index (Phi) is 2.78. The Labute approximate surface area is 81.3 Å². The molecule has 0 saturated heterocycles. The SMILES string of the molecule is C=C(C)C(=O)c1ccc(C#N)c(F)c1. The Morgan fingerprint density at radius 2 is 2.21 bits per heavy atom. The van der Waals surface area contributed by atoms with Gasteiger partial charge in [-0.05, 0) is 30.7 Å². The van der Waals surface area contributed by atoms with Crippen LogP contribution in [-0.2, 0) is 0 Å². The third-order valence-corrected chi connectivity index (χ3v) is 1.74. The normalized spacial score (nSPS) is 9.21. The van der Waals surface area contributed by atoms with E-state index in [1.807, 2.05) is 0 Å². The van der Waals surface area contributed by atoms with Crippen LogP contribution >= 0.6 is 0 Å². The lowest BCUT2D eigenvalue weighted by Crippen LogP contribution is -2.00. The van der Waals surface area contributed by atoms with Crippen molar-refractivity contribution in [3.63, 3.8) is 0 Å². The van der Waals surface area contributed by atoms with Gasteiger partial charge in [0.15, 0.2) is 5.78 Å². The van der Waals surface area contributed by atoms with Crippen molar-refractivity contribution >= 4 is 5.78 Å². The van der Waals surface area contributed by atoms with Gasteiger partial charge in [0.2, 0.25) is 0 Å². The Morgan fingerprint density at radius 3 is 2.64 bits per heavy atom. The number of allylic oxidation sites excluding steroid dienone is 1. The van der Waals surface area contributed by atoms with E-state index >= 15 is 0 Å². The Bertz CT molecular complexity index is 443. The first-order valence-corrected chi connectivity index (χ1v) is 3.96. The van der Waals surface area contributed by atoms with E-state index in [9.17, 15) is 9.18 Å². The highest BCUT2D eigenvalue weighted by Gasteiger charge is 2.09. The van der Waals surface area contributed by atoms with E-state index in [1.165, 1.54) is 12.1 Å². The number of hydrogen-bond donors (Lipinski definition) is 0. The second-order valence-corrected chi connectivity index (χ2v) is 2.92. The minimum Gasteiger partial charge on any atom is -0.289 e. The molecule has 0 bridgehead atoms. The number of hydrogen-bond acceptors (Lipinski definition) is 2. The molecule has 0 saturated carbocycles. The molecule has 14 heavy (non-hydrogen) atoms. The summed E-state index contributed by atoms with van der Waals surface area (Å²) in [6.45, 7) is 5.02. The zero-order valence-electron chi connectivity index (χ0n) is 7.67. The molecule has 0 amide bonds. The van der Waals surface area contributed by atoms with Crippen molar-refractivity contribution in [1.29, 1.82) is 5.26 Å². The molecular weight excluding hydrogens is 181 g/mol. The number of halogens is 1. The molecule has 0 radical (unpaired) electrons. The van der Waals surface area contributed by atoms with Crippen molar-refractivity contribution in [3.05, 3.63) is 47.3 Å². The van der Waals surface area contributed by atoms with Crippen LogP contribution in [0.5, 0.6) is 0 Å². The third-order valence-electron chi connectivity index (χ3n) is 1.74. The van der Waals surface area contributed by atoms with E-state index in [4.69, 9.17) is 5.26 Å². The average Bonchev–Trinajstić information content (AvgIpc) is 2.16. The molecule has 0 aromatic heterocycles. The van der Waals surface area contributed by atoms with Crippen molar-refractivity contribution in [2.24, 2.45) is 0 Å². The van der Waals surface area contributed by atoms with Crippen LogP contribution in [0.2, 0.25) is 0 Å². The van der Waals surface area contributed by atoms with Crippen LogP contribution in [0.15, 0.2) is 30.4 Å². The summed E-state index contributed by atoms with van der Waals surface area (Å²) in [5.74, 6) is -0.993. The summed E-state index contributed by atoms with van der Waals surface area (Å²) in [5.41, 5.74) is 0.492. The van der Waals surface area contributed by atoms with Crippen LogP contribution in [0.3, 0.4) is 0 Å². The van der Waals surface area contributed by atoms with Gasteiger partial charge >= 0.3 is 0 Å². The largest absolute Gasteiger partial charge is 0.289 e. The molecule has 0 spiro atoms. The van der Waals surface area contributed by atoms with Gasteiger partial charge in [-0.25, -0.2) is 4.39 Å². The lowest BCUT2D eigenvalue weighted by atomic mass is 10.0. The molecule has 3 heteroatoms. The van der Waals surface area contributed by atoms with Crippen LogP contribution in [-0.4, -0.2) is 5.78 Å². The predicted octanol–water partition coefficient (Wildman–Crippen LogP) is 2.46. The lowest BCUT2D eigenvalue weighted by Gasteiger charge is -2.00. The van der Waals surface area contributed by atoms with Gasteiger partial charge in [-0.2, -0.15) is 5.26 Å². The summed E-state index contributed by atoms with van der Waals surface area (Å²) in [7, 11) is 0. The first-order valence-electron chi connectivity index (χ1n) is 3.96. The smallest absolute Gasteiger partial charge is 0.188 e. The summed E-state index contributed by atoms with van der Waals surface area (Å²) < 4.78 is 13.1. The second-order valence-electron chi connectivity index (χ2n) is 2.92. The molecule has 0 unspecified atom stereocenters. The van der Waals surface area contributed by atoms with Crippen molar-refractivity contribution in [2.75, 3.05) is 0 Å². The van der Waals surface area contributed by atoms with E-state index in [0.29, 0.717) is 5.57 Å². The molecule has 2 nitrogen and oxygen atoms in total. The highest BCUT2D eigenvalue weighted by Crippen LogP contribution is 2.12. The van der Waals surface area contributed by atoms with Gasteiger partial charge in [0.05, 0.1) is 5.56 Å². The molecule has 0 atom stereocenters. The van der Waals surface area contributed by atoms with Gasteiger partial charge in [0, 0.05) is 5.56 Å². The van der Waals surface area contributed by atoms with Gasteiger partial charge < -0.3 is 0 Å². The van der Waals surface area contributed by atoms with Gasteiger partial charge in [-0.1, -0.05) is 6.58 Å². The fourth-order valence-corrected chi connectivity index (χ4v) is 0.993. The monoisotopic (exact) mass is 189 g/mol. The minimum absolute atomic E-state index is 0.0664. The fraction of sp³-hybridized carbons (Fsp3) is 0.0909. The maximum atomic E-state index is 13.1. The average molecular weight is 189 g/mol. The molecule has 0 aliphatic carbocycles. The van der Waals surface area contributed by atoms with E-state index in [-0.39, 0.29) is 16.9 Å². The van der Waals surface area contributed by atoms with Crippen molar-refractivity contribution in [2.45, 2.75) is 6.92 Å². The number of rotatable bonds is 2. The van der Waals surface area contributed by atoms with Gasteiger partial charge in [0.1, 0.15) is 11.9 Å². The van der Waals surface area contributed by atoms with E-state index in [1.54, 1.807) is 13.0 Å². The Morgan fingerprint density at radius 1 is 1.57 bits per heavy atom. The van der Waals surface area contributed by atoms with Crippen LogP contribution in [0.4, 0.5) is 4.39 Å². The zero-order valence-corrected chi connectivity index (χ0v) is 7.67. The maximum absolute atomic E-state index is 13.1. The number of nitrogens with zero attached hydrogens (tertiary/aromatic N) is 1. The Balaban J connectivity index is 3.17. The van der Waals surface area contributed by atoms with Crippen LogP contribution in [0.1, 0.15) is 22.8 Å². The van der Waals surface area contributed by atoms with Gasteiger partial charge in [0.25, 0.3) is 0 Å². The van der Waals surface area contributed by atoms with Crippen molar-refractivity contribution < 1.29 is 9.18 Å². The summed E-state index contributed by atoms with van der Waals surface area (Å²) in [6.07, 6.45) is 0. The van der Waals surface area contributed by atoms with Crippen molar-refractivity contribution in [3.8, 4) is 6.07 Å². The summed E-state index contributed by atoms with van der Waals surface area (Å²) in [6, 6.07) is 5.43. The van der Waals surface area contributed by atoms with Crippen LogP contribution < -0.4 is 0 Å². The first kappa shape index (κ1) is 10.1. The number of Topliss-reactive ketones (excluding diaryl/α,β-unsaturated/α-hetero) is 1. The Hall–Kier alpha value is -1.95. The molecule has 1 aromatic rings. The number of benzene rings is 1. The predicted molar refractivity (Wildman–Crippen MR) is 50.3 cm³/mol. The van der Waals surface area contributed by atoms with Crippen LogP contribution in [0.25, 0.3) is 0 Å². The summed E-state index contributed by atoms with van der Waals surface area (Å²) >= 11 is 0. The molecule has 0 fully saturated rings. The fourth-order valence-electron chi connectivity index (χ4n) is 0.993. The van der Waals surface area contributed by atoms with E-state index in [0.717, 1.165) is 6.07 Å². The van der Waals surface area contributed by atoms with E-state index in [2.05, 4.69) is 6.58 Å². The van der Waals surface area contributed by atoms with E-state index < -0.39 is 5.82 Å².